The molecule has 1 aliphatic rings. The number of carbonyl (C=O) groups is 2. The molecular weight excluding hydrogens is 420 g/mol. The lowest BCUT2D eigenvalue weighted by Gasteiger charge is -2.32. The van der Waals surface area contributed by atoms with Crippen molar-refractivity contribution in [2.24, 2.45) is 0 Å². The minimum Gasteiger partial charge on any atom is -0.497 e. The number of methoxy groups -OCH3 is 1. The Kier molecular flexibility index (Phi) is 5.01. The first-order valence-corrected chi connectivity index (χ1v) is 9.62. The van der Waals surface area contributed by atoms with E-state index in [1.807, 2.05) is 42.5 Å². The smallest absolute Gasteiger partial charge is 0.339 e. The summed E-state index contributed by atoms with van der Waals surface area (Å²) in [6.45, 7) is 0. The van der Waals surface area contributed by atoms with E-state index in [4.69, 9.17) is 9.47 Å². The molecule has 1 aliphatic heterocycles. The number of rotatable bonds is 4. The van der Waals surface area contributed by atoms with Crippen LogP contribution < -0.4 is 4.74 Å². The van der Waals surface area contributed by atoms with Gasteiger partial charge in [0.15, 0.2) is 5.78 Å². The molecule has 0 amide bonds. The number of cyclic esters (lactones) is 1. The van der Waals surface area contributed by atoms with Crippen LogP contribution >= 0.6 is 15.9 Å². The van der Waals surface area contributed by atoms with Crippen molar-refractivity contribution in [1.82, 2.24) is 0 Å². The van der Waals surface area contributed by atoms with E-state index in [2.05, 4.69) is 15.9 Å². The quantitative estimate of drug-likeness (QED) is 0.409. The average molecular weight is 437 g/mol. The number of hydrogen-bond donors (Lipinski definition) is 0. The first-order chi connectivity index (χ1) is 13.6. The standard InChI is InChI=1S/C23H17BrO4/c1-27-15-12-10-14(11-13-15)22-20(21(25)18-8-4-5-9-19(18)24)16-6-2-3-7-17(16)23(26)28-22/h2-13,20,22H,1H3. The van der Waals surface area contributed by atoms with Gasteiger partial charge in [-0.3, -0.25) is 4.79 Å². The minimum absolute atomic E-state index is 0.103. The van der Waals surface area contributed by atoms with Crippen LogP contribution in [0.1, 0.15) is 43.9 Å². The van der Waals surface area contributed by atoms with Gasteiger partial charge < -0.3 is 9.47 Å². The third kappa shape index (κ3) is 3.22. The van der Waals surface area contributed by atoms with E-state index in [1.165, 1.54) is 0 Å². The maximum atomic E-state index is 13.6. The van der Waals surface area contributed by atoms with E-state index >= 15 is 0 Å². The van der Waals surface area contributed by atoms with Crippen LogP contribution in [0.15, 0.2) is 77.3 Å². The normalized spacial score (nSPS) is 18.1. The molecule has 0 N–H and O–H groups in total. The molecule has 0 aliphatic carbocycles. The Hall–Kier alpha value is -2.92. The van der Waals surface area contributed by atoms with Gasteiger partial charge in [0.2, 0.25) is 0 Å². The molecule has 1 heterocycles. The fourth-order valence-electron chi connectivity index (χ4n) is 3.53. The third-order valence-electron chi connectivity index (χ3n) is 4.92. The lowest BCUT2D eigenvalue weighted by atomic mass is 9.79. The molecular formula is C23H17BrO4. The highest BCUT2D eigenvalue weighted by molar-refractivity contribution is 9.10. The molecule has 5 heteroatoms. The summed E-state index contributed by atoms with van der Waals surface area (Å²) in [6.07, 6.45) is -0.715. The maximum Gasteiger partial charge on any atom is 0.339 e. The van der Waals surface area contributed by atoms with Crippen LogP contribution in [0.5, 0.6) is 5.75 Å². The van der Waals surface area contributed by atoms with Crippen molar-refractivity contribution in [1.29, 1.82) is 0 Å². The van der Waals surface area contributed by atoms with Crippen molar-refractivity contribution in [3.8, 4) is 5.75 Å². The molecule has 4 rings (SSSR count). The van der Waals surface area contributed by atoms with Gasteiger partial charge in [-0.2, -0.15) is 0 Å². The second kappa shape index (κ2) is 7.60. The monoisotopic (exact) mass is 436 g/mol. The summed E-state index contributed by atoms with van der Waals surface area (Å²) < 4.78 is 11.7. The Morgan fingerprint density at radius 2 is 1.64 bits per heavy atom. The van der Waals surface area contributed by atoms with E-state index in [0.29, 0.717) is 26.9 Å². The van der Waals surface area contributed by atoms with Crippen LogP contribution in [0.25, 0.3) is 0 Å². The third-order valence-corrected chi connectivity index (χ3v) is 5.61. The molecule has 4 nitrogen and oxygen atoms in total. The van der Waals surface area contributed by atoms with Gasteiger partial charge >= 0.3 is 5.97 Å². The SMILES string of the molecule is COc1ccc(C2OC(=O)c3ccccc3C2C(=O)c2ccccc2Br)cc1. The topological polar surface area (TPSA) is 52.6 Å². The predicted molar refractivity (Wildman–Crippen MR) is 109 cm³/mol. The first-order valence-electron chi connectivity index (χ1n) is 8.82. The van der Waals surface area contributed by atoms with Gasteiger partial charge in [-0.1, -0.05) is 64.5 Å². The van der Waals surface area contributed by atoms with Crippen molar-refractivity contribution in [2.75, 3.05) is 7.11 Å². The minimum atomic E-state index is -0.715. The molecule has 2 unspecified atom stereocenters. The number of hydrogen-bond acceptors (Lipinski definition) is 4. The van der Waals surface area contributed by atoms with E-state index in [-0.39, 0.29) is 5.78 Å². The second-order valence-corrected chi connectivity index (χ2v) is 7.36. The number of fused-ring (bicyclic) bond motifs is 1. The number of esters is 1. The Bertz CT molecular complexity index is 1040. The summed E-state index contributed by atoms with van der Waals surface area (Å²) in [5, 5.41) is 0. The molecule has 0 fully saturated rings. The fraction of sp³-hybridized carbons (Fsp3) is 0.130. The van der Waals surface area contributed by atoms with Gasteiger partial charge in [-0.25, -0.2) is 4.79 Å². The van der Waals surface area contributed by atoms with Crippen molar-refractivity contribution in [2.45, 2.75) is 12.0 Å². The lowest BCUT2D eigenvalue weighted by Crippen LogP contribution is -2.31. The van der Waals surface area contributed by atoms with Crippen LogP contribution in [0, 0.1) is 0 Å². The molecule has 140 valence electrons. The Morgan fingerprint density at radius 1 is 0.964 bits per heavy atom. The van der Waals surface area contributed by atoms with E-state index in [9.17, 15) is 9.59 Å². The fourth-order valence-corrected chi connectivity index (χ4v) is 4.01. The summed E-state index contributed by atoms with van der Waals surface area (Å²) in [5.41, 5.74) is 2.41. The molecule has 0 saturated heterocycles. The first kappa shape index (κ1) is 18.4. The zero-order chi connectivity index (χ0) is 19.7. The highest BCUT2D eigenvalue weighted by Gasteiger charge is 2.41. The summed E-state index contributed by atoms with van der Waals surface area (Å²) in [5.74, 6) is -0.471. The number of ether oxygens (including phenoxy) is 2. The highest BCUT2D eigenvalue weighted by atomic mass is 79.9. The highest BCUT2D eigenvalue weighted by Crippen LogP contribution is 2.43. The van der Waals surface area contributed by atoms with E-state index in [0.717, 1.165) is 5.56 Å². The number of benzene rings is 3. The van der Waals surface area contributed by atoms with E-state index in [1.54, 1.807) is 37.4 Å². The van der Waals surface area contributed by atoms with Gasteiger partial charge in [0, 0.05) is 10.0 Å². The Balaban J connectivity index is 1.85. The van der Waals surface area contributed by atoms with Crippen LogP contribution in [0.2, 0.25) is 0 Å². The van der Waals surface area contributed by atoms with Gasteiger partial charge in [0.05, 0.1) is 18.6 Å². The van der Waals surface area contributed by atoms with Crippen molar-refractivity contribution >= 4 is 27.7 Å². The molecule has 0 aromatic heterocycles. The molecule has 0 bridgehead atoms. The molecule has 0 spiro atoms. The maximum absolute atomic E-state index is 13.6. The van der Waals surface area contributed by atoms with E-state index < -0.39 is 18.0 Å². The summed E-state index contributed by atoms with van der Waals surface area (Å²) in [4.78, 5) is 26.1. The number of ketones is 1. The molecule has 2 atom stereocenters. The van der Waals surface area contributed by atoms with Gasteiger partial charge in [0.1, 0.15) is 11.9 Å². The zero-order valence-electron chi connectivity index (χ0n) is 15.1. The molecule has 3 aromatic rings. The largest absolute Gasteiger partial charge is 0.497 e. The van der Waals surface area contributed by atoms with Gasteiger partial charge in [-0.15, -0.1) is 0 Å². The predicted octanol–water partition coefficient (Wildman–Crippen LogP) is 5.34. The second-order valence-electron chi connectivity index (χ2n) is 6.51. The van der Waals surface area contributed by atoms with Crippen molar-refractivity contribution in [3.63, 3.8) is 0 Å². The number of carbonyl (C=O) groups excluding carboxylic acids is 2. The molecule has 0 saturated carbocycles. The van der Waals surface area contributed by atoms with Crippen LogP contribution in [0.3, 0.4) is 0 Å². The van der Waals surface area contributed by atoms with Crippen LogP contribution in [-0.2, 0) is 4.74 Å². The van der Waals surface area contributed by atoms with Crippen LogP contribution in [0.4, 0.5) is 0 Å². The Labute approximate surface area is 171 Å². The molecule has 0 radical (unpaired) electrons. The van der Waals surface area contributed by atoms with Crippen molar-refractivity contribution in [3.05, 3.63) is 99.5 Å². The summed E-state index contributed by atoms with van der Waals surface area (Å²) in [6, 6.07) is 21.7. The average Bonchev–Trinajstić information content (AvgIpc) is 2.74. The van der Waals surface area contributed by atoms with Gasteiger partial charge in [-0.05, 0) is 35.4 Å². The van der Waals surface area contributed by atoms with Crippen molar-refractivity contribution < 1.29 is 19.1 Å². The molecule has 3 aromatic carbocycles. The summed E-state index contributed by atoms with van der Waals surface area (Å²) in [7, 11) is 1.59. The summed E-state index contributed by atoms with van der Waals surface area (Å²) >= 11 is 3.47. The molecule has 28 heavy (non-hydrogen) atoms. The lowest BCUT2D eigenvalue weighted by molar-refractivity contribution is 0.0175. The van der Waals surface area contributed by atoms with Gasteiger partial charge in [0.25, 0.3) is 0 Å². The van der Waals surface area contributed by atoms with Crippen LogP contribution in [-0.4, -0.2) is 18.9 Å². The zero-order valence-corrected chi connectivity index (χ0v) is 16.7. The number of halogens is 1. The number of Topliss-reactive ketones (excluding diaryl/α,β-unsaturated/α-hetero) is 1. The Morgan fingerprint density at radius 3 is 2.36 bits per heavy atom.